The van der Waals surface area contributed by atoms with E-state index in [0.717, 1.165) is 15.4 Å². The summed E-state index contributed by atoms with van der Waals surface area (Å²) in [5.41, 5.74) is 4.60. The molecule has 37 heavy (non-hydrogen) atoms. The van der Waals surface area contributed by atoms with E-state index in [9.17, 15) is 18.3 Å². The Labute approximate surface area is 216 Å². The first-order valence-corrected chi connectivity index (χ1v) is 12.6. The summed E-state index contributed by atoms with van der Waals surface area (Å²) >= 11 is 0. The van der Waals surface area contributed by atoms with Gasteiger partial charge in [0, 0.05) is 11.6 Å². The number of aromatic hydroxyl groups is 1. The van der Waals surface area contributed by atoms with Crippen LogP contribution in [-0.4, -0.2) is 53.5 Å². The number of nitrogens with one attached hydrogen (secondary N) is 1. The van der Waals surface area contributed by atoms with Gasteiger partial charge in [0.25, 0.3) is 15.9 Å². The molecule has 3 rings (SSSR count). The number of hydrogen-bond acceptors (Lipinski definition) is 8. The summed E-state index contributed by atoms with van der Waals surface area (Å²) < 4.78 is 44.0. The Hall–Kier alpha value is -4.25. The first-order chi connectivity index (χ1) is 17.6. The lowest BCUT2D eigenvalue weighted by Gasteiger charge is -2.25. The number of benzene rings is 3. The molecule has 0 unspecified atom stereocenters. The Kier molecular flexibility index (Phi) is 8.61. The predicted octanol–water partition coefficient (Wildman–Crippen LogP) is 3.38. The molecule has 2 N–H and O–H groups in total. The first kappa shape index (κ1) is 27.3. The van der Waals surface area contributed by atoms with Crippen LogP contribution in [-0.2, 0) is 14.8 Å². The number of anilines is 1. The van der Waals surface area contributed by atoms with Crippen LogP contribution in [0.3, 0.4) is 0 Å². The minimum Gasteiger partial charge on any atom is -0.504 e. The van der Waals surface area contributed by atoms with E-state index in [0.29, 0.717) is 17.0 Å². The summed E-state index contributed by atoms with van der Waals surface area (Å²) in [6, 6.07) is 14.3. The van der Waals surface area contributed by atoms with E-state index >= 15 is 0 Å². The van der Waals surface area contributed by atoms with Crippen molar-refractivity contribution in [3.8, 4) is 23.0 Å². The van der Waals surface area contributed by atoms with E-state index in [1.54, 1.807) is 30.3 Å². The van der Waals surface area contributed by atoms with Gasteiger partial charge in [-0.25, -0.2) is 13.8 Å². The zero-order valence-corrected chi connectivity index (χ0v) is 22.0. The summed E-state index contributed by atoms with van der Waals surface area (Å²) in [5, 5.41) is 14.0. The van der Waals surface area contributed by atoms with Crippen molar-refractivity contribution in [3.63, 3.8) is 0 Å². The molecule has 10 nitrogen and oxygen atoms in total. The van der Waals surface area contributed by atoms with Crippen molar-refractivity contribution in [2.45, 2.75) is 18.7 Å². The number of hydrazone groups is 1. The number of amides is 1. The van der Waals surface area contributed by atoms with Crippen molar-refractivity contribution in [1.82, 2.24) is 5.43 Å². The highest BCUT2D eigenvalue weighted by atomic mass is 32.2. The van der Waals surface area contributed by atoms with E-state index in [2.05, 4.69) is 10.5 Å². The molecule has 0 aliphatic rings. The van der Waals surface area contributed by atoms with Gasteiger partial charge in [0.2, 0.25) is 0 Å². The fourth-order valence-corrected chi connectivity index (χ4v) is 5.08. The number of rotatable bonds is 10. The van der Waals surface area contributed by atoms with E-state index in [4.69, 9.17) is 14.2 Å². The second-order valence-corrected chi connectivity index (χ2v) is 9.93. The smallest absolute Gasteiger partial charge is 0.264 e. The maximum Gasteiger partial charge on any atom is 0.264 e. The highest BCUT2D eigenvalue weighted by Gasteiger charge is 2.28. The van der Waals surface area contributed by atoms with Gasteiger partial charge in [-0.05, 0) is 61.4 Å². The molecule has 196 valence electrons. The fraction of sp³-hybridized carbons (Fsp3) is 0.231. The monoisotopic (exact) mass is 527 g/mol. The van der Waals surface area contributed by atoms with Crippen molar-refractivity contribution in [2.75, 3.05) is 32.2 Å². The molecule has 0 spiro atoms. The molecule has 0 aromatic heterocycles. The number of hydrogen-bond donors (Lipinski definition) is 2. The number of carbonyl (C=O) groups excluding carboxylic acids is 1. The maximum absolute atomic E-state index is 13.7. The SMILES string of the molecule is COc1ccc(S(=O)(=O)N(CC(=O)N/N=C\c2cccc(OC)c2O)c2cc(C)cc(C)c2)cc1OC. The molecule has 1 amide bonds. The largest absolute Gasteiger partial charge is 0.504 e. The summed E-state index contributed by atoms with van der Waals surface area (Å²) in [6.07, 6.45) is 1.24. The van der Waals surface area contributed by atoms with Crippen LogP contribution in [0.2, 0.25) is 0 Å². The highest BCUT2D eigenvalue weighted by molar-refractivity contribution is 7.92. The quantitative estimate of drug-likeness (QED) is 0.306. The van der Waals surface area contributed by atoms with Gasteiger partial charge in [0.1, 0.15) is 6.54 Å². The van der Waals surface area contributed by atoms with Gasteiger partial charge in [-0.1, -0.05) is 12.1 Å². The molecular weight excluding hydrogens is 498 g/mol. The van der Waals surface area contributed by atoms with Crippen LogP contribution in [0.5, 0.6) is 23.0 Å². The normalized spacial score (nSPS) is 11.3. The second-order valence-electron chi connectivity index (χ2n) is 8.07. The molecule has 0 bridgehead atoms. The van der Waals surface area contributed by atoms with E-state index < -0.39 is 22.5 Å². The molecule has 0 aliphatic heterocycles. The Balaban J connectivity index is 1.94. The van der Waals surface area contributed by atoms with Crippen LogP contribution in [0, 0.1) is 13.8 Å². The van der Waals surface area contributed by atoms with Crippen LogP contribution in [0.25, 0.3) is 0 Å². The molecule has 0 saturated heterocycles. The van der Waals surface area contributed by atoms with Crippen LogP contribution < -0.4 is 23.9 Å². The van der Waals surface area contributed by atoms with Gasteiger partial charge in [-0.2, -0.15) is 5.10 Å². The number of phenols is 1. The number of methoxy groups -OCH3 is 3. The number of sulfonamides is 1. The van der Waals surface area contributed by atoms with Crippen molar-refractivity contribution in [3.05, 3.63) is 71.3 Å². The molecule has 11 heteroatoms. The molecule has 0 fully saturated rings. The van der Waals surface area contributed by atoms with Crippen molar-refractivity contribution in [2.24, 2.45) is 5.10 Å². The molecule has 0 saturated carbocycles. The number of para-hydroxylation sites is 1. The summed E-state index contributed by atoms with van der Waals surface area (Å²) in [4.78, 5) is 12.8. The summed E-state index contributed by atoms with van der Waals surface area (Å²) in [7, 11) is 0.0629. The van der Waals surface area contributed by atoms with Gasteiger partial charge in [0.15, 0.2) is 23.0 Å². The minimum absolute atomic E-state index is 0.0816. The van der Waals surface area contributed by atoms with Gasteiger partial charge in [-0.3, -0.25) is 9.10 Å². The second kappa shape index (κ2) is 11.7. The highest BCUT2D eigenvalue weighted by Crippen LogP contribution is 2.33. The minimum atomic E-state index is -4.20. The van der Waals surface area contributed by atoms with E-state index in [-0.39, 0.29) is 22.1 Å². The average molecular weight is 528 g/mol. The Morgan fingerprint density at radius 1 is 0.946 bits per heavy atom. The number of nitrogens with zero attached hydrogens (tertiary/aromatic N) is 2. The Morgan fingerprint density at radius 3 is 2.22 bits per heavy atom. The van der Waals surface area contributed by atoms with Crippen LogP contribution in [0.1, 0.15) is 16.7 Å². The fourth-order valence-electron chi connectivity index (χ4n) is 3.66. The van der Waals surface area contributed by atoms with E-state index in [1.165, 1.54) is 45.7 Å². The van der Waals surface area contributed by atoms with Gasteiger partial charge < -0.3 is 19.3 Å². The number of aryl methyl sites for hydroxylation is 2. The zero-order valence-electron chi connectivity index (χ0n) is 21.2. The first-order valence-electron chi connectivity index (χ1n) is 11.1. The molecule has 0 heterocycles. The summed E-state index contributed by atoms with van der Waals surface area (Å²) in [5.74, 6) is 0.0124. The number of phenolic OH excluding ortho intramolecular Hbond substituents is 1. The van der Waals surface area contributed by atoms with Crippen LogP contribution in [0.4, 0.5) is 5.69 Å². The Morgan fingerprint density at radius 2 is 1.59 bits per heavy atom. The number of ether oxygens (including phenoxy) is 3. The van der Waals surface area contributed by atoms with E-state index in [1.807, 2.05) is 19.9 Å². The molecule has 0 radical (unpaired) electrons. The molecule has 3 aromatic rings. The van der Waals surface area contributed by atoms with Crippen LogP contribution >= 0.6 is 0 Å². The molecule has 0 atom stereocenters. The van der Waals surface area contributed by atoms with Gasteiger partial charge in [0.05, 0.1) is 38.1 Å². The van der Waals surface area contributed by atoms with Crippen LogP contribution in [0.15, 0.2) is 64.6 Å². The summed E-state index contributed by atoms with van der Waals surface area (Å²) in [6.45, 7) is 3.12. The predicted molar refractivity (Wildman–Crippen MR) is 140 cm³/mol. The standard InChI is InChI=1S/C26H29N3O7S/c1-17-11-18(2)13-20(12-17)29(37(32,33)21-9-10-22(34-3)24(14-21)36-5)16-25(30)28-27-15-19-7-6-8-23(35-4)26(19)31/h6-15,31H,16H2,1-5H3,(H,28,30)/b27-15-. The lowest BCUT2D eigenvalue weighted by molar-refractivity contribution is -0.119. The molecule has 3 aromatic carbocycles. The van der Waals surface area contributed by atoms with Gasteiger partial charge >= 0.3 is 0 Å². The number of carbonyl (C=O) groups is 1. The lowest BCUT2D eigenvalue weighted by atomic mass is 10.1. The van der Waals surface area contributed by atoms with Crippen molar-refractivity contribution in [1.29, 1.82) is 0 Å². The van der Waals surface area contributed by atoms with Crippen molar-refractivity contribution >= 4 is 27.8 Å². The Bertz CT molecular complexity index is 1400. The average Bonchev–Trinajstić information content (AvgIpc) is 2.87. The molecular formula is C26H29N3O7S. The third-order valence-corrected chi connectivity index (χ3v) is 7.14. The topological polar surface area (TPSA) is 127 Å². The third-order valence-electron chi connectivity index (χ3n) is 5.37. The third kappa shape index (κ3) is 6.31. The molecule has 0 aliphatic carbocycles. The van der Waals surface area contributed by atoms with Gasteiger partial charge in [-0.15, -0.1) is 0 Å². The van der Waals surface area contributed by atoms with Crippen molar-refractivity contribution < 1.29 is 32.5 Å². The lowest BCUT2D eigenvalue weighted by Crippen LogP contribution is -2.39. The zero-order chi connectivity index (χ0) is 27.2. The maximum atomic E-state index is 13.7.